The summed E-state index contributed by atoms with van der Waals surface area (Å²) in [7, 11) is 0. The van der Waals surface area contributed by atoms with E-state index < -0.39 is 0 Å². The standard InChI is InChI=1S/C22H27NO4/c1-21(2)13-11-16-17(27-10-8-22(16,12-13)20(21)26)7-9-23-18(24)14-5-3-4-6-15(14)19(23)25/h3-6,13,16-17,20,26H,7-12H2,1-2H3/t13-,16-,17-,20+,22?/m1/s1. The zero-order valence-corrected chi connectivity index (χ0v) is 16.0. The smallest absolute Gasteiger partial charge is 0.261 e. The Kier molecular flexibility index (Phi) is 3.63. The van der Waals surface area contributed by atoms with E-state index in [-0.39, 0.29) is 34.9 Å². The molecule has 2 saturated carbocycles. The number of hydrogen-bond acceptors (Lipinski definition) is 4. The lowest BCUT2D eigenvalue weighted by Crippen LogP contribution is -2.54. The first-order valence-corrected chi connectivity index (χ1v) is 10.1. The fourth-order valence-electron chi connectivity index (χ4n) is 6.53. The molecule has 4 aliphatic rings. The Morgan fingerprint density at radius 3 is 2.48 bits per heavy atom. The van der Waals surface area contributed by atoms with Crippen molar-refractivity contribution in [3.8, 4) is 0 Å². The number of hydrogen-bond donors (Lipinski definition) is 1. The number of amides is 2. The molecule has 5 rings (SSSR count). The van der Waals surface area contributed by atoms with Crippen LogP contribution >= 0.6 is 0 Å². The number of carbonyl (C=O) groups excluding carboxylic acids is 2. The van der Waals surface area contributed by atoms with E-state index in [9.17, 15) is 14.7 Å². The number of aliphatic hydroxyl groups excluding tert-OH is 1. The van der Waals surface area contributed by atoms with E-state index in [2.05, 4.69) is 13.8 Å². The summed E-state index contributed by atoms with van der Waals surface area (Å²) in [5.74, 6) is 0.459. The Morgan fingerprint density at radius 2 is 1.85 bits per heavy atom. The summed E-state index contributed by atoms with van der Waals surface area (Å²) >= 11 is 0. The molecule has 1 aromatic carbocycles. The van der Waals surface area contributed by atoms with Gasteiger partial charge in [0, 0.05) is 18.6 Å². The molecule has 2 heterocycles. The molecule has 5 heteroatoms. The van der Waals surface area contributed by atoms with E-state index in [1.54, 1.807) is 24.3 Å². The molecular formula is C22H27NO4. The van der Waals surface area contributed by atoms with Gasteiger partial charge < -0.3 is 9.84 Å². The maximum Gasteiger partial charge on any atom is 0.261 e. The van der Waals surface area contributed by atoms with Gasteiger partial charge in [0.1, 0.15) is 0 Å². The van der Waals surface area contributed by atoms with Crippen molar-refractivity contribution in [2.45, 2.75) is 51.7 Å². The first-order chi connectivity index (χ1) is 12.9. The van der Waals surface area contributed by atoms with Crippen molar-refractivity contribution in [3.63, 3.8) is 0 Å². The van der Waals surface area contributed by atoms with Crippen molar-refractivity contribution in [2.24, 2.45) is 22.7 Å². The summed E-state index contributed by atoms with van der Waals surface area (Å²) in [5, 5.41) is 11.1. The van der Waals surface area contributed by atoms with Crippen LogP contribution in [0.25, 0.3) is 0 Å². The SMILES string of the molecule is CC1(C)[C@@H]2C[C@@H]3[C@@H](CCN4C(=O)c5ccccc5C4=O)OCCC3(C2)[C@H]1O. The van der Waals surface area contributed by atoms with Crippen LogP contribution in [-0.4, -0.2) is 47.2 Å². The maximum atomic E-state index is 12.6. The normalized spacial score (nSPS) is 39.0. The second kappa shape index (κ2) is 5.65. The molecule has 144 valence electrons. The molecule has 3 fully saturated rings. The lowest BCUT2D eigenvalue weighted by atomic mass is 9.60. The minimum Gasteiger partial charge on any atom is -0.392 e. The summed E-state index contributed by atoms with van der Waals surface area (Å²) in [4.78, 5) is 26.6. The molecule has 1 unspecified atom stereocenters. The van der Waals surface area contributed by atoms with Crippen LogP contribution in [0.15, 0.2) is 24.3 Å². The summed E-state index contributed by atoms with van der Waals surface area (Å²) in [6.07, 6.45) is 3.45. The van der Waals surface area contributed by atoms with E-state index in [4.69, 9.17) is 4.74 Å². The predicted molar refractivity (Wildman–Crippen MR) is 99.2 cm³/mol. The predicted octanol–water partition coefficient (Wildman–Crippen LogP) is 2.87. The molecule has 27 heavy (non-hydrogen) atoms. The van der Waals surface area contributed by atoms with Gasteiger partial charge in [-0.1, -0.05) is 26.0 Å². The third-order valence-corrected chi connectivity index (χ3v) is 8.07. The number of rotatable bonds is 3. The van der Waals surface area contributed by atoms with Gasteiger partial charge in [-0.25, -0.2) is 0 Å². The summed E-state index contributed by atoms with van der Waals surface area (Å²) in [6, 6.07) is 7.02. The van der Waals surface area contributed by atoms with E-state index >= 15 is 0 Å². The van der Waals surface area contributed by atoms with Gasteiger partial charge in [0.05, 0.1) is 23.3 Å². The zero-order valence-electron chi connectivity index (χ0n) is 16.0. The van der Waals surface area contributed by atoms with Crippen LogP contribution in [0, 0.1) is 22.7 Å². The second-order valence-corrected chi connectivity index (χ2v) is 9.46. The average Bonchev–Trinajstić information content (AvgIpc) is 3.23. The molecule has 2 aliphatic carbocycles. The van der Waals surface area contributed by atoms with Crippen molar-refractivity contribution < 1.29 is 19.4 Å². The van der Waals surface area contributed by atoms with Gasteiger partial charge in [0.15, 0.2) is 0 Å². The molecule has 5 atom stereocenters. The van der Waals surface area contributed by atoms with E-state index in [0.29, 0.717) is 42.5 Å². The zero-order chi connectivity index (χ0) is 19.0. The second-order valence-electron chi connectivity index (χ2n) is 9.46. The molecule has 2 bridgehead atoms. The number of ether oxygens (including phenoxy) is 1. The summed E-state index contributed by atoms with van der Waals surface area (Å²) in [6.45, 7) is 5.42. The quantitative estimate of drug-likeness (QED) is 0.832. The van der Waals surface area contributed by atoms with Crippen molar-refractivity contribution in [2.75, 3.05) is 13.2 Å². The van der Waals surface area contributed by atoms with Crippen molar-refractivity contribution in [1.29, 1.82) is 0 Å². The van der Waals surface area contributed by atoms with Crippen molar-refractivity contribution in [1.82, 2.24) is 4.90 Å². The molecule has 1 N–H and O–H groups in total. The first-order valence-electron chi connectivity index (χ1n) is 10.1. The lowest BCUT2D eigenvalue weighted by Gasteiger charge is -2.51. The minimum absolute atomic E-state index is 0.0128. The highest BCUT2D eigenvalue weighted by Gasteiger charge is 2.67. The summed E-state index contributed by atoms with van der Waals surface area (Å²) < 4.78 is 6.10. The van der Waals surface area contributed by atoms with Crippen LogP contribution in [0.4, 0.5) is 0 Å². The van der Waals surface area contributed by atoms with Crippen molar-refractivity contribution >= 4 is 11.8 Å². The van der Waals surface area contributed by atoms with Gasteiger partial charge in [0.2, 0.25) is 0 Å². The molecule has 2 amide bonds. The Labute approximate surface area is 159 Å². The van der Waals surface area contributed by atoms with E-state index in [1.165, 1.54) is 4.90 Å². The molecule has 1 saturated heterocycles. The van der Waals surface area contributed by atoms with Gasteiger partial charge in [-0.15, -0.1) is 0 Å². The largest absolute Gasteiger partial charge is 0.392 e. The number of nitrogens with zero attached hydrogens (tertiary/aromatic N) is 1. The molecule has 5 nitrogen and oxygen atoms in total. The monoisotopic (exact) mass is 369 g/mol. The number of aliphatic hydroxyl groups is 1. The van der Waals surface area contributed by atoms with Crippen LogP contribution in [-0.2, 0) is 4.74 Å². The molecule has 1 aromatic rings. The molecule has 2 aliphatic heterocycles. The topological polar surface area (TPSA) is 66.8 Å². The fourth-order valence-corrected chi connectivity index (χ4v) is 6.53. The van der Waals surface area contributed by atoms with Gasteiger partial charge in [-0.2, -0.15) is 0 Å². The highest BCUT2D eigenvalue weighted by Crippen LogP contribution is 2.68. The van der Waals surface area contributed by atoms with Crippen LogP contribution in [0.5, 0.6) is 0 Å². The van der Waals surface area contributed by atoms with Crippen LogP contribution in [0.1, 0.15) is 60.2 Å². The third kappa shape index (κ3) is 2.18. The van der Waals surface area contributed by atoms with Gasteiger partial charge in [-0.05, 0) is 55.1 Å². The Morgan fingerprint density at radius 1 is 1.19 bits per heavy atom. The van der Waals surface area contributed by atoms with Gasteiger partial charge in [-0.3, -0.25) is 14.5 Å². The van der Waals surface area contributed by atoms with E-state index in [1.807, 2.05) is 0 Å². The van der Waals surface area contributed by atoms with E-state index in [0.717, 1.165) is 19.3 Å². The number of carbonyl (C=O) groups is 2. The number of benzene rings is 1. The highest BCUT2D eigenvalue weighted by molar-refractivity contribution is 6.21. The first kappa shape index (κ1) is 17.4. The summed E-state index contributed by atoms with van der Waals surface area (Å²) in [5.41, 5.74) is 0.932. The average molecular weight is 369 g/mol. The van der Waals surface area contributed by atoms with Crippen LogP contribution < -0.4 is 0 Å². The van der Waals surface area contributed by atoms with Gasteiger partial charge in [0.25, 0.3) is 11.8 Å². The molecule has 1 spiro atoms. The molecule has 0 radical (unpaired) electrons. The number of imide groups is 1. The lowest BCUT2D eigenvalue weighted by molar-refractivity contribution is -0.163. The Hall–Kier alpha value is -1.72. The number of fused-ring (bicyclic) bond motifs is 2. The maximum absolute atomic E-state index is 12.6. The minimum atomic E-state index is -0.292. The molecular weight excluding hydrogens is 342 g/mol. The third-order valence-electron chi connectivity index (χ3n) is 8.07. The van der Waals surface area contributed by atoms with Gasteiger partial charge >= 0.3 is 0 Å². The van der Waals surface area contributed by atoms with Crippen LogP contribution in [0.3, 0.4) is 0 Å². The Balaban J connectivity index is 1.32. The molecule has 0 aromatic heterocycles. The Bertz CT molecular complexity index is 783. The van der Waals surface area contributed by atoms with Crippen molar-refractivity contribution in [3.05, 3.63) is 35.4 Å². The fraction of sp³-hybridized carbons (Fsp3) is 0.636. The highest BCUT2D eigenvalue weighted by atomic mass is 16.5. The van der Waals surface area contributed by atoms with Crippen LogP contribution in [0.2, 0.25) is 0 Å².